The van der Waals surface area contributed by atoms with E-state index in [1.165, 1.54) is 6.07 Å². The number of nitrogens with zero attached hydrogens (tertiary/aromatic N) is 2. The molecule has 2 aromatic carbocycles. The summed E-state index contributed by atoms with van der Waals surface area (Å²) in [5, 5.41) is 10.3. The zero-order chi connectivity index (χ0) is 20.8. The van der Waals surface area contributed by atoms with Gasteiger partial charge in [-0.3, -0.25) is 9.78 Å². The second-order valence-electron chi connectivity index (χ2n) is 7.73. The maximum absolute atomic E-state index is 14.9. The van der Waals surface area contributed by atoms with Gasteiger partial charge in [0, 0.05) is 28.9 Å². The van der Waals surface area contributed by atoms with Crippen molar-refractivity contribution in [2.24, 2.45) is 0 Å². The van der Waals surface area contributed by atoms with Gasteiger partial charge < -0.3 is 10.0 Å². The van der Waals surface area contributed by atoms with Crippen molar-refractivity contribution >= 4 is 17.5 Å². The minimum atomic E-state index is -0.944. The summed E-state index contributed by atoms with van der Waals surface area (Å²) in [5.74, 6) is -0.682. The fourth-order valence-corrected chi connectivity index (χ4v) is 3.76. The molecule has 2 heterocycles. The van der Waals surface area contributed by atoms with Gasteiger partial charge in [0.2, 0.25) is 0 Å². The standard InChI is InChI=1S/C23H20ClFN2O2/c1-23(2,29)17-7-5-14(6-8-17)16-10-19(24)18(20(25)11-16)13-27-12-15-4-3-9-26-21(15)22(27)28/h3-11,29H,12-13H2,1-2H3. The van der Waals surface area contributed by atoms with Gasteiger partial charge in [-0.25, -0.2) is 4.39 Å². The first kappa shape index (κ1) is 19.6. The highest BCUT2D eigenvalue weighted by molar-refractivity contribution is 6.31. The highest BCUT2D eigenvalue weighted by Gasteiger charge is 2.29. The summed E-state index contributed by atoms with van der Waals surface area (Å²) in [6.07, 6.45) is 1.58. The van der Waals surface area contributed by atoms with Crippen LogP contribution in [-0.2, 0) is 18.7 Å². The highest BCUT2D eigenvalue weighted by atomic mass is 35.5. The number of amides is 1. The van der Waals surface area contributed by atoms with Crippen molar-refractivity contribution < 1.29 is 14.3 Å². The molecule has 0 radical (unpaired) electrons. The first-order chi connectivity index (χ1) is 13.7. The summed E-state index contributed by atoms with van der Waals surface area (Å²) >= 11 is 6.39. The van der Waals surface area contributed by atoms with Gasteiger partial charge in [0.15, 0.2) is 0 Å². The maximum atomic E-state index is 14.9. The average molecular weight is 411 g/mol. The lowest BCUT2D eigenvalue weighted by molar-refractivity contribution is 0.0759. The molecule has 1 aromatic heterocycles. The molecule has 148 valence electrons. The minimum absolute atomic E-state index is 0.0811. The highest BCUT2D eigenvalue weighted by Crippen LogP contribution is 2.32. The number of hydrogen-bond donors (Lipinski definition) is 1. The van der Waals surface area contributed by atoms with Crippen LogP contribution >= 0.6 is 11.6 Å². The third-order valence-corrected chi connectivity index (χ3v) is 5.49. The lowest BCUT2D eigenvalue weighted by Crippen LogP contribution is -2.24. The maximum Gasteiger partial charge on any atom is 0.273 e. The minimum Gasteiger partial charge on any atom is -0.386 e. The Morgan fingerprint density at radius 3 is 2.52 bits per heavy atom. The number of aliphatic hydroxyl groups is 1. The third kappa shape index (κ3) is 3.76. The number of pyridine rings is 1. The van der Waals surface area contributed by atoms with E-state index in [9.17, 15) is 14.3 Å². The van der Waals surface area contributed by atoms with Gasteiger partial charge in [-0.15, -0.1) is 0 Å². The number of aromatic nitrogens is 1. The predicted octanol–water partition coefficient (Wildman–Crippen LogP) is 4.92. The monoisotopic (exact) mass is 410 g/mol. The normalized spacial score (nSPS) is 13.7. The molecule has 0 fully saturated rings. The Kier molecular flexibility index (Phi) is 4.89. The molecule has 0 saturated heterocycles. The molecular weight excluding hydrogens is 391 g/mol. The molecule has 3 aromatic rings. The van der Waals surface area contributed by atoms with E-state index < -0.39 is 11.4 Å². The molecule has 1 N–H and O–H groups in total. The van der Waals surface area contributed by atoms with Crippen LogP contribution in [-0.4, -0.2) is 20.9 Å². The van der Waals surface area contributed by atoms with E-state index in [0.29, 0.717) is 17.8 Å². The van der Waals surface area contributed by atoms with Gasteiger partial charge in [0.05, 0.1) is 12.1 Å². The van der Waals surface area contributed by atoms with E-state index in [1.54, 1.807) is 37.1 Å². The van der Waals surface area contributed by atoms with Gasteiger partial charge in [0.25, 0.3) is 5.91 Å². The Hall–Kier alpha value is -2.76. The molecule has 1 aliphatic heterocycles. The van der Waals surface area contributed by atoms with Crippen molar-refractivity contribution in [3.8, 4) is 11.1 Å². The molecule has 0 spiro atoms. The SMILES string of the molecule is CC(C)(O)c1ccc(-c2cc(F)c(CN3Cc4cccnc4C3=O)c(Cl)c2)cc1. The van der Waals surface area contributed by atoms with Crippen LogP contribution in [0.5, 0.6) is 0 Å². The third-order valence-electron chi connectivity index (χ3n) is 5.16. The van der Waals surface area contributed by atoms with Gasteiger partial charge in [-0.1, -0.05) is 41.9 Å². The zero-order valence-corrected chi connectivity index (χ0v) is 16.9. The molecular formula is C23H20ClFN2O2. The van der Waals surface area contributed by atoms with Crippen LogP contribution in [0.4, 0.5) is 4.39 Å². The van der Waals surface area contributed by atoms with E-state index in [1.807, 2.05) is 30.3 Å². The predicted molar refractivity (Wildman–Crippen MR) is 110 cm³/mol. The summed E-state index contributed by atoms with van der Waals surface area (Å²) in [7, 11) is 0. The van der Waals surface area contributed by atoms with Crippen LogP contribution in [0.15, 0.2) is 54.7 Å². The van der Waals surface area contributed by atoms with Crippen LogP contribution in [0.1, 0.15) is 41.0 Å². The van der Waals surface area contributed by atoms with Crippen LogP contribution in [0.3, 0.4) is 0 Å². The van der Waals surface area contributed by atoms with Crippen molar-refractivity contribution in [3.63, 3.8) is 0 Å². The molecule has 4 rings (SSSR count). The van der Waals surface area contributed by atoms with Crippen LogP contribution in [0.2, 0.25) is 5.02 Å². The fraction of sp³-hybridized carbons (Fsp3) is 0.217. The number of benzene rings is 2. The van der Waals surface area contributed by atoms with E-state index in [-0.39, 0.29) is 23.0 Å². The summed E-state index contributed by atoms with van der Waals surface area (Å²) < 4.78 is 14.9. The lowest BCUT2D eigenvalue weighted by Gasteiger charge is -2.19. The largest absolute Gasteiger partial charge is 0.386 e. The molecule has 0 atom stereocenters. The molecule has 1 amide bonds. The van der Waals surface area contributed by atoms with Gasteiger partial charge in [-0.05, 0) is 48.7 Å². The number of carbonyl (C=O) groups excluding carboxylic acids is 1. The Morgan fingerprint density at radius 1 is 1.17 bits per heavy atom. The summed E-state index contributed by atoms with van der Waals surface area (Å²) in [6, 6.07) is 14.0. The van der Waals surface area contributed by atoms with Gasteiger partial charge in [-0.2, -0.15) is 0 Å². The topological polar surface area (TPSA) is 53.4 Å². The van der Waals surface area contributed by atoms with Crippen molar-refractivity contribution in [2.75, 3.05) is 0 Å². The molecule has 1 aliphatic rings. The Balaban J connectivity index is 1.59. The average Bonchev–Trinajstić information content (AvgIpc) is 3.00. The first-order valence-electron chi connectivity index (χ1n) is 9.28. The van der Waals surface area contributed by atoms with Gasteiger partial charge >= 0.3 is 0 Å². The van der Waals surface area contributed by atoms with Crippen LogP contribution in [0, 0.1) is 5.82 Å². The van der Waals surface area contributed by atoms with Crippen molar-refractivity contribution in [3.05, 3.63) is 88.0 Å². The second-order valence-corrected chi connectivity index (χ2v) is 8.13. The summed E-state index contributed by atoms with van der Waals surface area (Å²) in [5.41, 5.74) is 2.77. The quantitative estimate of drug-likeness (QED) is 0.663. The molecule has 6 heteroatoms. The first-order valence-corrected chi connectivity index (χ1v) is 9.66. The summed E-state index contributed by atoms with van der Waals surface area (Å²) in [6.45, 7) is 3.89. The van der Waals surface area contributed by atoms with E-state index in [2.05, 4.69) is 4.98 Å². The Morgan fingerprint density at radius 2 is 1.90 bits per heavy atom. The number of hydrogen-bond acceptors (Lipinski definition) is 3. The number of halogens is 2. The molecule has 0 saturated carbocycles. The van der Waals surface area contributed by atoms with Crippen molar-refractivity contribution in [1.82, 2.24) is 9.88 Å². The Bertz CT molecular complexity index is 1070. The molecule has 0 bridgehead atoms. The molecule has 0 unspecified atom stereocenters. The molecule has 29 heavy (non-hydrogen) atoms. The van der Waals surface area contributed by atoms with E-state index in [4.69, 9.17) is 11.6 Å². The smallest absolute Gasteiger partial charge is 0.273 e. The van der Waals surface area contributed by atoms with Crippen LogP contribution < -0.4 is 0 Å². The number of carbonyl (C=O) groups is 1. The molecule has 4 nitrogen and oxygen atoms in total. The van der Waals surface area contributed by atoms with Crippen molar-refractivity contribution in [2.45, 2.75) is 32.5 Å². The summed E-state index contributed by atoms with van der Waals surface area (Å²) in [4.78, 5) is 18.2. The fourth-order valence-electron chi connectivity index (χ4n) is 3.50. The number of rotatable bonds is 4. The van der Waals surface area contributed by atoms with Crippen LogP contribution in [0.25, 0.3) is 11.1 Å². The van der Waals surface area contributed by atoms with Gasteiger partial charge in [0.1, 0.15) is 11.5 Å². The zero-order valence-electron chi connectivity index (χ0n) is 16.1. The number of fused-ring (bicyclic) bond motifs is 1. The second kappa shape index (κ2) is 7.25. The van der Waals surface area contributed by atoms with Crippen molar-refractivity contribution in [1.29, 1.82) is 0 Å². The Labute approximate surface area is 173 Å². The van der Waals surface area contributed by atoms with E-state index in [0.717, 1.165) is 16.7 Å². The lowest BCUT2D eigenvalue weighted by atomic mass is 9.95. The van der Waals surface area contributed by atoms with E-state index >= 15 is 0 Å². The molecule has 0 aliphatic carbocycles.